The summed E-state index contributed by atoms with van der Waals surface area (Å²) >= 11 is 0. The lowest BCUT2D eigenvalue weighted by molar-refractivity contribution is -0.143. The van der Waals surface area contributed by atoms with Crippen molar-refractivity contribution in [2.24, 2.45) is 17.8 Å². The van der Waals surface area contributed by atoms with Crippen molar-refractivity contribution in [3.05, 3.63) is 45.1 Å². The molecule has 0 bridgehead atoms. The topological polar surface area (TPSA) is 84.6 Å². The number of aromatic nitrogens is 2. The van der Waals surface area contributed by atoms with Crippen LogP contribution in [0.3, 0.4) is 0 Å². The van der Waals surface area contributed by atoms with Crippen molar-refractivity contribution in [2.45, 2.75) is 51.6 Å². The maximum Gasteiger partial charge on any atom is 0.331 e. The average molecular weight is 485 g/mol. The van der Waals surface area contributed by atoms with Crippen molar-refractivity contribution in [1.82, 2.24) is 18.9 Å². The molecule has 3 aliphatic rings. The molecule has 2 aliphatic carbocycles. The predicted molar refractivity (Wildman–Crippen MR) is 130 cm³/mol. The van der Waals surface area contributed by atoms with E-state index < -0.39 is 12.4 Å². The Kier molecular flexibility index (Phi) is 6.75. The molecule has 35 heavy (non-hydrogen) atoms. The molecule has 1 aliphatic heterocycles. The normalized spacial score (nSPS) is 23.0. The number of carbonyl (C=O) groups is 2. The van der Waals surface area contributed by atoms with Crippen LogP contribution in [-0.2, 0) is 22.7 Å². The monoisotopic (exact) mass is 484 g/mol. The van der Waals surface area contributed by atoms with Crippen LogP contribution in [-0.4, -0.2) is 63.6 Å². The average Bonchev–Trinajstić information content (AvgIpc) is 3.74. The van der Waals surface area contributed by atoms with E-state index in [4.69, 9.17) is 0 Å². The molecule has 3 fully saturated rings. The van der Waals surface area contributed by atoms with Crippen molar-refractivity contribution in [3.63, 3.8) is 0 Å². The predicted octanol–water partition coefficient (Wildman–Crippen LogP) is 2.02. The summed E-state index contributed by atoms with van der Waals surface area (Å²) in [6.07, 6.45) is 4.97. The maximum absolute atomic E-state index is 13.1. The number of aryl methyl sites for hydroxylation is 1. The molecular weight excluding hydrogens is 451 g/mol. The molecule has 0 N–H and O–H groups in total. The van der Waals surface area contributed by atoms with Gasteiger partial charge in [0, 0.05) is 44.6 Å². The molecule has 2 aromatic rings. The number of carbonyl (C=O) groups excluding carboxylic acids is 2. The molecular formula is C26H33FN4O4. The molecule has 1 aromatic heterocycles. The summed E-state index contributed by atoms with van der Waals surface area (Å²) in [7, 11) is 0. The summed E-state index contributed by atoms with van der Waals surface area (Å²) in [5, 5.41) is 0.420. The fourth-order valence-electron chi connectivity index (χ4n) is 5.68. The number of benzene rings is 1. The minimum atomic E-state index is -0.682. The van der Waals surface area contributed by atoms with Gasteiger partial charge in [0.1, 0.15) is 6.67 Å². The van der Waals surface area contributed by atoms with Crippen LogP contribution in [0.15, 0.2) is 33.9 Å². The standard InChI is InChI=1S/C26H33FN4O4/c27-11-12-30-22-4-2-1-3-21(22)25(34)31(26(30)35)17-18-5-7-19(8-6-18)23(32)28-13-15-29(16-14-28)24(33)20-9-10-20/h1-4,18-20H,5-17H2. The molecule has 5 rings (SSSR count). The van der Waals surface area contributed by atoms with Crippen molar-refractivity contribution in [3.8, 4) is 0 Å². The van der Waals surface area contributed by atoms with Gasteiger partial charge in [0.2, 0.25) is 11.8 Å². The Morgan fingerprint density at radius 2 is 1.34 bits per heavy atom. The number of nitrogens with zero attached hydrogens (tertiary/aromatic N) is 4. The molecule has 188 valence electrons. The van der Waals surface area contributed by atoms with Gasteiger partial charge in [-0.25, -0.2) is 9.18 Å². The van der Waals surface area contributed by atoms with E-state index in [0.29, 0.717) is 37.1 Å². The van der Waals surface area contributed by atoms with Gasteiger partial charge in [-0.3, -0.25) is 23.5 Å². The van der Waals surface area contributed by atoms with Gasteiger partial charge in [-0.15, -0.1) is 0 Å². The first-order valence-electron chi connectivity index (χ1n) is 12.8. The summed E-state index contributed by atoms with van der Waals surface area (Å²) in [4.78, 5) is 55.2. The third-order valence-electron chi connectivity index (χ3n) is 7.91. The van der Waals surface area contributed by atoms with E-state index in [1.165, 1.54) is 9.13 Å². The van der Waals surface area contributed by atoms with Crippen LogP contribution in [0.2, 0.25) is 0 Å². The van der Waals surface area contributed by atoms with Gasteiger partial charge >= 0.3 is 5.69 Å². The highest BCUT2D eigenvalue weighted by molar-refractivity contribution is 5.82. The largest absolute Gasteiger partial charge is 0.339 e. The van der Waals surface area contributed by atoms with E-state index >= 15 is 0 Å². The van der Waals surface area contributed by atoms with Crippen LogP contribution in [0.5, 0.6) is 0 Å². The Morgan fingerprint density at radius 1 is 0.800 bits per heavy atom. The number of alkyl halides is 1. The Hall–Kier alpha value is -2.97. The maximum atomic E-state index is 13.1. The Balaban J connectivity index is 1.20. The highest BCUT2D eigenvalue weighted by atomic mass is 19.1. The number of hydrogen-bond acceptors (Lipinski definition) is 4. The number of amides is 2. The molecule has 1 saturated heterocycles. The SMILES string of the molecule is O=C(C1CCC(Cn2c(=O)c3ccccc3n(CCF)c2=O)CC1)N1CCN(C(=O)C2CC2)CC1. The van der Waals surface area contributed by atoms with E-state index in [0.717, 1.165) is 38.5 Å². The zero-order valence-corrected chi connectivity index (χ0v) is 20.0. The zero-order chi connectivity index (χ0) is 24.5. The number of piperazine rings is 1. The Morgan fingerprint density at radius 3 is 1.89 bits per heavy atom. The number of rotatable bonds is 6. The van der Waals surface area contributed by atoms with E-state index in [2.05, 4.69) is 0 Å². The molecule has 1 aromatic carbocycles. The van der Waals surface area contributed by atoms with Crippen LogP contribution < -0.4 is 11.2 Å². The first-order chi connectivity index (χ1) is 17.0. The van der Waals surface area contributed by atoms with Gasteiger partial charge in [-0.1, -0.05) is 12.1 Å². The second kappa shape index (κ2) is 9.95. The van der Waals surface area contributed by atoms with Crippen molar-refractivity contribution in [1.29, 1.82) is 0 Å². The van der Waals surface area contributed by atoms with Crippen molar-refractivity contribution >= 4 is 22.7 Å². The second-order valence-electron chi connectivity index (χ2n) is 10.2. The number of hydrogen-bond donors (Lipinski definition) is 0. The highest BCUT2D eigenvalue weighted by Gasteiger charge is 2.36. The molecule has 2 amide bonds. The van der Waals surface area contributed by atoms with E-state index in [9.17, 15) is 23.6 Å². The van der Waals surface area contributed by atoms with Gasteiger partial charge in [-0.05, 0) is 56.6 Å². The van der Waals surface area contributed by atoms with Crippen molar-refractivity contribution in [2.75, 3.05) is 32.9 Å². The number of fused-ring (bicyclic) bond motifs is 1. The van der Waals surface area contributed by atoms with Crippen LogP contribution in [0.1, 0.15) is 38.5 Å². The second-order valence-corrected chi connectivity index (χ2v) is 10.2. The van der Waals surface area contributed by atoms with E-state index in [1.54, 1.807) is 24.3 Å². The van der Waals surface area contributed by atoms with Gasteiger partial charge in [0.25, 0.3) is 5.56 Å². The Labute approximate surface area is 203 Å². The summed E-state index contributed by atoms with van der Waals surface area (Å²) < 4.78 is 15.7. The van der Waals surface area contributed by atoms with E-state index in [-0.39, 0.29) is 48.2 Å². The molecule has 0 spiro atoms. The summed E-state index contributed by atoms with van der Waals surface area (Å²) in [5.41, 5.74) is -0.342. The number of halogens is 1. The van der Waals surface area contributed by atoms with Gasteiger partial charge < -0.3 is 9.80 Å². The fraction of sp³-hybridized carbons (Fsp3) is 0.615. The van der Waals surface area contributed by atoms with Crippen molar-refractivity contribution < 1.29 is 14.0 Å². The Bertz CT molecular complexity index is 1220. The fourth-order valence-corrected chi connectivity index (χ4v) is 5.68. The van der Waals surface area contributed by atoms with E-state index in [1.807, 2.05) is 9.80 Å². The number of para-hydroxylation sites is 1. The minimum absolute atomic E-state index is 0.0477. The molecule has 2 saturated carbocycles. The lowest BCUT2D eigenvalue weighted by Crippen LogP contribution is -2.52. The first-order valence-corrected chi connectivity index (χ1v) is 12.8. The third kappa shape index (κ3) is 4.77. The summed E-state index contributed by atoms with van der Waals surface area (Å²) in [5.74, 6) is 0.692. The minimum Gasteiger partial charge on any atom is -0.339 e. The lowest BCUT2D eigenvalue weighted by Gasteiger charge is -2.38. The zero-order valence-electron chi connectivity index (χ0n) is 20.0. The van der Waals surface area contributed by atoms with Crippen LogP contribution in [0.4, 0.5) is 4.39 Å². The summed E-state index contributed by atoms with van der Waals surface area (Å²) in [6, 6.07) is 6.84. The van der Waals surface area contributed by atoms with Gasteiger partial charge in [0.05, 0.1) is 17.4 Å². The molecule has 0 unspecified atom stereocenters. The quantitative estimate of drug-likeness (QED) is 0.628. The molecule has 2 heterocycles. The van der Waals surface area contributed by atoms with Gasteiger partial charge in [-0.2, -0.15) is 0 Å². The lowest BCUT2D eigenvalue weighted by atomic mass is 9.81. The van der Waals surface area contributed by atoms with Crippen LogP contribution in [0, 0.1) is 17.8 Å². The molecule has 8 nitrogen and oxygen atoms in total. The van der Waals surface area contributed by atoms with Gasteiger partial charge in [0.15, 0.2) is 0 Å². The highest BCUT2D eigenvalue weighted by Crippen LogP contribution is 2.33. The summed E-state index contributed by atoms with van der Waals surface area (Å²) in [6.45, 7) is 1.95. The molecule has 0 radical (unpaired) electrons. The first kappa shape index (κ1) is 23.8. The smallest absolute Gasteiger partial charge is 0.331 e. The molecule has 9 heteroatoms. The van der Waals surface area contributed by atoms with Crippen LogP contribution in [0.25, 0.3) is 10.9 Å². The third-order valence-corrected chi connectivity index (χ3v) is 7.91. The molecule has 0 atom stereocenters. The van der Waals surface area contributed by atoms with Crippen LogP contribution >= 0.6 is 0 Å².